The van der Waals surface area contributed by atoms with E-state index < -0.39 is 0 Å². The lowest BCUT2D eigenvalue weighted by Crippen LogP contribution is -2.10. The zero-order chi connectivity index (χ0) is 38.9. The van der Waals surface area contributed by atoms with Gasteiger partial charge in [-0.25, -0.2) is 0 Å². The summed E-state index contributed by atoms with van der Waals surface area (Å²) in [6.45, 7) is 0. The van der Waals surface area contributed by atoms with Gasteiger partial charge in [0.2, 0.25) is 0 Å². The molecule has 0 saturated heterocycles. The van der Waals surface area contributed by atoms with Crippen molar-refractivity contribution in [3.63, 3.8) is 0 Å². The molecule has 0 N–H and O–H groups in total. The molecular formula is C56H36N2O. The van der Waals surface area contributed by atoms with Crippen LogP contribution in [-0.2, 0) is 0 Å². The van der Waals surface area contributed by atoms with E-state index in [9.17, 15) is 0 Å². The van der Waals surface area contributed by atoms with Crippen LogP contribution in [0.1, 0.15) is 0 Å². The topological polar surface area (TPSA) is 21.3 Å². The Morgan fingerprint density at radius 3 is 1.75 bits per heavy atom. The van der Waals surface area contributed by atoms with Crippen LogP contribution in [0.4, 0.5) is 17.1 Å². The maximum atomic E-state index is 6.31. The Morgan fingerprint density at radius 1 is 0.339 bits per heavy atom. The Morgan fingerprint density at radius 2 is 0.932 bits per heavy atom. The lowest BCUT2D eigenvalue weighted by molar-refractivity contribution is 0.669. The van der Waals surface area contributed by atoms with Gasteiger partial charge in [0.05, 0.1) is 11.0 Å². The predicted octanol–water partition coefficient (Wildman–Crippen LogP) is 15.8. The Labute approximate surface area is 341 Å². The lowest BCUT2D eigenvalue weighted by atomic mass is 9.98. The van der Waals surface area contributed by atoms with E-state index in [1.165, 1.54) is 48.9 Å². The van der Waals surface area contributed by atoms with Gasteiger partial charge in [0.1, 0.15) is 11.2 Å². The number of hydrogen-bond acceptors (Lipinski definition) is 2. The van der Waals surface area contributed by atoms with Gasteiger partial charge in [-0.1, -0.05) is 146 Å². The van der Waals surface area contributed by atoms with Gasteiger partial charge in [-0.05, 0) is 117 Å². The molecule has 0 unspecified atom stereocenters. The molecule has 12 rings (SSSR count). The van der Waals surface area contributed by atoms with Gasteiger partial charge >= 0.3 is 0 Å². The zero-order valence-corrected chi connectivity index (χ0v) is 32.1. The number of furan rings is 1. The van der Waals surface area contributed by atoms with Crippen molar-refractivity contribution in [2.45, 2.75) is 0 Å². The Balaban J connectivity index is 0.998. The molecular weight excluding hydrogens is 717 g/mol. The van der Waals surface area contributed by atoms with Crippen molar-refractivity contribution >= 4 is 82.4 Å². The number of fused-ring (bicyclic) bond motifs is 9. The number of para-hydroxylation sites is 3. The van der Waals surface area contributed by atoms with E-state index in [0.717, 1.165) is 61.4 Å². The molecule has 0 spiro atoms. The molecule has 0 aliphatic rings. The molecule has 3 heteroatoms. The fourth-order valence-electron chi connectivity index (χ4n) is 9.23. The molecule has 0 atom stereocenters. The standard InChI is InChI=1S/C56H36N2O/c1-2-17-46-38(12-1)26-27-39-30-33-45(36-51(39)46)57(43-15-10-14-41(35-43)47-21-11-25-55-56(47)50-20-5-8-24-54(50)59-55)42-31-28-37(29-32-42)40-13-9-16-44(34-40)58-52-22-6-3-18-48(52)49-19-4-7-23-53(49)58/h1-36H. The van der Waals surface area contributed by atoms with Gasteiger partial charge in [0.25, 0.3) is 0 Å². The first kappa shape index (κ1) is 33.3. The second-order valence-electron chi connectivity index (χ2n) is 15.3. The van der Waals surface area contributed by atoms with Crippen LogP contribution >= 0.6 is 0 Å². The van der Waals surface area contributed by atoms with E-state index in [-0.39, 0.29) is 0 Å². The first-order chi connectivity index (χ1) is 29.2. The first-order valence-corrected chi connectivity index (χ1v) is 20.2. The molecule has 2 aromatic heterocycles. The molecule has 0 saturated carbocycles. The SMILES string of the molecule is c1cc(-c2cccc3oc4ccccc4c23)cc(N(c2ccc(-c3cccc(-n4c5ccccc5c5ccccc54)c3)cc2)c2ccc3ccc4ccccc4c3c2)c1. The largest absolute Gasteiger partial charge is 0.456 e. The zero-order valence-electron chi connectivity index (χ0n) is 32.1. The van der Waals surface area contributed by atoms with Crippen molar-refractivity contribution in [1.29, 1.82) is 0 Å². The van der Waals surface area contributed by atoms with Crippen LogP contribution in [-0.4, -0.2) is 4.57 Å². The van der Waals surface area contributed by atoms with E-state index in [1.807, 2.05) is 12.1 Å². The third-order valence-electron chi connectivity index (χ3n) is 11.9. The van der Waals surface area contributed by atoms with E-state index in [1.54, 1.807) is 0 Å². The quantitative estimate of drug-likeness (QED) is 0.158. The number of hydrogen-bond donors (Lipinski definition) is 0. The highest BCUT2D eigenvalue weighted by molar-refractivity contribution is 6.13. The Kier molecular flexibility index (Phi) is 7.54. The fourth-order valence-corrected chi connectivity index (χ4v) is 9.23. The van der Waals surface area contributed by atoms with Crippen molar-refractivity contribution in [3.8, 4) is 27.9 Å². The second kappa shape index (κ2) is 13.4. The summed E-state index contributed by atoms with van der Waals surface area (Å²) >= 11 is 0. The maximum absolute atomic E-state index is 6.31. The third-order valence-corrected chi connectivity index (χ3v) is 11.9. The van der Waals surface area contributed by atoms with E-state index in [4.69, 9.17) is 4.42 Å². The minimum absolute atomic E-state index is 0.894. The molecule has 0 radical (unpaired) electrons. The molecule has 276 valence electrons. The molecule has 0 amide bonds. The molecule has 0 aliphatic heterocycles. The number of benzene rings is 10. The molecule has 10 aromatic carbocycles. The second-order valence-corrected chi connectivity index (χ2v) is 15.3. The highest BCUT2D eigenvalue weighted by Gasteiger charge is 2.18. The number of rotatable bonds is 6. The molecule has 2 heterocycles. The molecule has 12 aromatic rings. The normalized spacial score (nSPS) is 11.7. The molecule has 59 heavy (non-hydrogen) atoms. The van der Waals surface area contributed by atoms with Gasteiger partial charge in [-0.3, -0.25) is 0 Å². The Bertz CT molecular complexity index is 3520. The Hall–Kier alpha value is -7.88. The monoisotopic (exact) mass is 752 g/mol. The summed E-state index contributed by atoms with van der Waals surface area (Å²) in [5.41, 5.74) is 13.2. The van der Waals surface area contributed by atoms with Crippen molar-refractivity contribution in [2.75, 3.05) is 4.90 Å². The average Bonchev–Trinajstić information content (AvgIpc) is 3.86. The molecule has 0 bridgehead atoms. The predicted molar refractivity (Wildman–Crippen MR) is 249 cm³/mol. The summed E-state index contributed by atoms with van der Waals surface area (Å²) in [4.78, 5) is 2.39. The van der Waals surface area contributed by atoms with Gasteiger partial charge in [-0.2, -0.15) is 0 Å². The van der Waals surface area contributed by atoms with E-state index in [2.05, 4.69) is 216 Å². The first-order valence-electron chi connectivity index (χ1n) is 20.2. The van der Waals surface area contributed by atoms with Crippen LogP contribution < -0.4 is 4.90 Å². The summed E-state index contributed by atoms with van der Waals surface area (Å²) in [5, 5.41) is 9.72. The van der Waals surface area contributed by atoms with Crippen molar-refractivity contribution < 1.29 is 4.42 Å². The summed E-state index contributed by atoms with van der Waals surface area (Å²) < 4.78 is 8.69. The van der Waals surface area contributed by atoms with Gasteiger partial charge in [0.15, 0.2) is 0 Å². The molecule has 0 aliphatic carbocycles. The number of anilines is 3. The number of aromatic nitrogens is 1. The van der Waals surface area contributed by atoms with Crippen LogP contribution in [0.2, 0.25) is 0 Å². The molecule has 0 fully saturated rings. The van der Waals surface area contributed by atoms with Crippen LogP contribution in [0.5, 0.6) is 0 Å². The lowest BCUT2D eigenvalue weighted by Gasteiger charge is -2.27. The van der Waals surface area contributed by atoms with Crippen LogP contribution in [0, 0.1) is 0 Å². The van der Waals surface area contributed by atoms with E-state index >= 15 is 0 Å². The summed E-state index contributed by atoms with van der Waals surface area (Å²) in [5.74, 6) is 0. The van der Waals surface area contributed by atoms with Crippen molar-refractivity contribution in [1.82, 2.24) is 4.57 Å². The third kappa shape index (κ3) is 5.44. The van der Waals surface area contributed by atoms with Gasteiger partial charge in [-0.15, -0.1) is 0 Å². The minimum atomic E-state index is 0.894. The highest BCUT2D eigenvalue weighted by atomic mass is 16.3. The van der Waals surface area contributed by atoms with Crippen molar-refractivity contribution in [3.05, 3.63) is 218 Å². The maximum Gasteiger partial charge on any atom is 0.136 e. The van der Waals surface area contributed by atoms with Crippen LogP contribution in [0.15, 0.2) is 223 Å². The summed E-state index contributed by atoms with van der Waals surface area (Å²) in [6, 6.07) is 78.8. The summed E-state index contributed by atoms with van der Waals surface area (Å²) in [7, 11) is 0. The smallest absolute Gasteiger partial charge is 0.136 e. The van der Waals surface area contributed by atoms with Gasteiger partial charge in [0, 0.05) is 44.3 Å². The molecule has 3 nitrogen and oxygen atoms in total. The van der Waals surface area contributed by atoms with Crippen molar-refractivity contribution in [2.24, 2.45) is 0 Å². The minimum Gasteiger partial charge on any atom is -0.456 e. The fraction of sp³-hybridized carbons (Fsp3) is 0. The van der Waals surface area contributed by atoms with Crippen LogP contribution in [0.25, 0.3) is 93.2 Å². The van der Waals surface area contributed by atoms with E-state index in [0.29, 0.717) is 0 Å². The highest BCUT2D eigenvalue weighted by Crippen LogP contribution is 2.42. The number of nitrogens with zero attached hydrogens (tertiary/aromatic N) is 2. The van der Waals surface area contributed by atoms with Crippen LogP contribution in [0.3, 0.4) is 0 Å². The summed E-state index contributed by atoms with van der Waals surface area (Å²) in [6.07, 6.45) is 0. The average molecular weight is 753 g/mol. The van der Waals surface area contributed by atoms with Gasteiger partial charge < -0.3 is 13.9 Å².